The highest BCUT2D eigenvalue weighted by atomic mass is 16.5. The Labute approximate surface area is 134 Å². The fourth-order valence-electron chi connectivity index (χ4n) is 2.74. The van der Waals surface area contributed by atoms with Crippen LogP contribution in [0.5, 0.6) is 0 Å². The van der Waals surface area contributed by atoms with E-state index in [1.165, 1.54) is 6.39 Å². The van der Waals surface area contributed by atoms with Gasteiger partial charge in [-0.2, -0.15) is 0 Å². The summed E-state index contributed by atoms with van der Waals surface area (Å²) >= 11 is 0. The summed E-state index contributed by atoms with van der Waals surface area (Å²) in [6, 6.07) is 7.10. The molecule has 0 bridgehead atoms. The zero-order chi connectivity index (χ0) is 16.2. The number of aromatic nitrogens is 1. The number of esters is 1. The zero-order valence-corrected chi connectivity index (χ0v) is 12.9. The number of nitrogens with zero attached hydrogens (tertiary/aromatic N) is 2. The van der Waals surface area contributed by atoms with Crippen molar-refractivity contribution >= 4 is 11.9 Å². The molecule has 23 heavy (non-hydrogen) atoms. The fraction of sp³-hybridized carbons (Fsp3) is 0.353. The number of amides is 1. The van der Waals surface area contributed by atoms with Crippen LogP contribution in [0.2, 0.25) is 0 Å². The van der Waals surface area contributed by atoms with E-state index in [4.69, 9.17) is 9.15 Å². The minimum absolute atomic E-state index is 0.0516. The third kappa shape index (κ3) is 2.97. The van der Waals surface area contributed by atoms with Crippen molar-refractivity contribution in [3.63, 3.8) is 0 Å². The summed E-state index contributed by atoms with van der Waals surface area (Å²) in [6.07, 6.45) is 3.23. The summed E-state index contributed by atoms with van der Waals surface area (Å²) in [7, 11) is 0. The molecule has 1 amide bonds. The van der Waals surface area contributed by atoms with E-state index in [1.54, 1.807) is 31.2 Å². The van der Waals surface area contributed by atoms with Crippen LogP contribution in [0.3, 0.4) is 0 Å². The Morgan fingerprint density at radius 3 is 2.74 bits per heavy atom. The molecule has 2 heterocycles. The highest BCUT2D eigenvalue weighted by Crippen LogP contribution is 2.29. The number of oxazole rings is 1. The van der Waals surface area contributed by atoms with Gasteiger partial charge in [0.15, 0.2) is 17.8 Å². The highest BCUT2D eigenvalue weighted by Gasteiger charge is 2.26. The summed E-state index contributed by atoms with van der Waals surface area (Å²) in [6.45, 7) is 3.49. The molecule has 6 heteroatoms. The van der Waals surface area contributed by atoms with E-state index in [0.29, 0.717) is 11.1 Å². The quantitative estimate of drug-likeness (QED) is 0.811. The van der Waals surface area contributed by atoms with Crippen molar-refractivity contribution in [3.8, 4) is 11.3 Å². The van der Waals surface area contributed by atoms with Gasteiger partial charge in [-0.3, -0.25) is 4.79 Å². The molecule has 3 rings (SSSR count). The Balaban J connectivity index is 2.00. The summed E-state index contributed by atoms with van der Waals surface area (Å²) in [5, 5.41) is 0. The normalized spacial score (nSPS) is 14.0. The lowest BCUT2D eigenvalue weighted by Crippen LogP contribution is -2.28. The van der Waals surface area contributed by atoms with Crippen molar-refractivity contribution in [2.75, 3.05) is 19.7 Å². The summed E-state index contributed by atoms with van der Waals surface area (Å²) in [4.78, 5) is 30.5. The molecule has 0 aliphatic carbocycles. The van der Waals surface area contributed by atoms with Crippen LogP contribution in [0.1, 0.15) is 40.6 Å². The van der Waals surface area contributed by atoms with Crippen molar-refractivity contribution in [3.05, 3.63) is 41.9 Å². The predicted octanol–water partition coefficient (Wildman–Crippen LogP) is 2.75. The van der Waals surface area contributed by atoms with E-state index in [9.17, 15) is 9.59 Å². The van der Waals surface area contributed by atoms with E-state index in [2.05, 4.69) is 4.98 Å². The first-order valence-electron chi connectivity index (χ1n) is 7.71. The molecular formula is C17H18N2O4. The molecule has 0 atom stereocenters. The van der Waals surface area contributed by atoms with Crippen LogP contribution in [0, 0.1) is 0 Å². The first-order valence-corrected chi connectivity index (χ1v) is 7.71. The van der Waals surface area contributed by atoms with Gasteiger partial charge in [0.25, 0.3) is 5.91 Å². The van der Waals surface area contributed by atoms with E-state index < -0.39 is 5.97 Å². The van der Waals surface area contributed by atoms with Gasteiger partial charge in [-0.1, -0.05) is 18.2 Å². The minimum atomic E-state index is -0.556. The summed E-state index contributed by atoms with van der Waals surface area (Å²) in [5.41, 5.74) is 1.16. The van der Waals surface area contributed by atoms with Crippen LogP contribution in [0.15, 0.2) is 35.1 Å². The maximum absolute atomic E-state index is 12.7. The van der Waals surface area contributed by atoms with E-state index in [1.807, 2.05) is 4.90 Å². The largest absolute Gasteiger partial charge is 0.461 e. The Morgan fingerprint density at radius 2 is 2.00 bits per heavy atom. The molecule has 1 saturated heterocycles. The van der Waals surface area contributed by atoms with Gasteiger partial charge in [-0.15, -0.1) is 0 Å². The molecule has 120 valence electrons. The number of benzene rings is 1. The molecule has 0 unspecified atom stereocenters. The van der Waals surface area contributed by atoms with Gasteiger partial charge in [0.1, 0.15) is 0 Å². The second kappa shape index (κ2) is 6.64. The standard InChI is InChI=1S/C17H18N2O4/c1-2-22-17(21)14-15(23-11-18-14)12-7-3-4-8-13(12)16(20)19-9-5-6-10-19/h3-4,7-8,11H,2,5-6,9-10H2,1H3. The van der Waals surface area contributed by atoms with Crippen LogP contribution in [0.4, 0.5) is 0 Å². The molecule has 1 aliphatic heterocycles. The first kappa shape index (κ1) is 15.3. The first-order chi connectivity index (χ1) is 11.2. The molecule has 0 radical (unpaired) electrons. The second-order valence-corrected chi connectivity index (χ2v) is 5.30. The number of rotatable bonds is 4. The molecule has 1 fully saturated rings. The number of hydrogen-bond donors (Lipinski definition) is 0. The average Bonchev–Trinajstić information content (AvgIpc) is 3.26. The van der Waals surface area contributed by atoms with Crippen LogP contribution < -0.4 is 0 Å². The number of carbonyl (C=O) groups excluding carboxylic acids is 2. The van der Waals surface area contributed by atoms with Crippen molar-refractivity contribution in [2.24, 2.45) is 0 Å². The topological polar surface area (TPSA) is 72.6 Å². The SMILES string of the molecule is CCOC(=O)c1ncoc1-c1ccccc1C(=O)N1CCCC1. The molecular weight excluding hydrogens is 296 g/mol. The van der Waals surface area contributed by atoms with Crippen molar-refractivity contribution in [1.82, 2.24) is 9.88 Å². The number of likely N-dealkylation sites (tertiary alicyclic amines) is 1. The summed E-state index contributed by atoms with van der Waals surface area (Å²) < 4.78 is 10.4. The van der Waals surface area contributed by atoms with E-state index in [0.717, 1.165) is 25.9 Å². The van der Waals surface area contributed by atoms with E-state index >= 15 is 0 Å². The van der Waals surface area contributed by atoms with Gasteiger partial charge in [0.05, 0.1) is 12.2 Å². The molecule has 0 saturated carbocycles. The van der Waals surface area contributed by atoms with Gasteiger partial charge in [0.2, 0.25) is 0 Å². The Hall–Kier alpha value is -2.63. The van der Waals surface area contributed by atoms with Crippen molar-refractivity contribution < 1.29 is 18.7 Å². The van der Waals surface area contributed by atoms with Crippen LogP contribution in [0.25, 0.3) is 11.3 Å². The minimum Gasteiger partial charge on any atom is -0.461 e. The third-order valence-corrected chi connectivity index (χ3v) is 3.83. The van der Waals surface area contributed by atoms with Gasteiger partial charge in [-0.05, 0) is 25.8 Å². The third-order valence-electron chi connectivity index (χ3n) is 3.83. The molecule has 6 nitrogen and oxygen atoms in total. The molecule has 0 spiro atoms. The van der Waals surface area contributed by atoms with Crippen molar-refractivity contribution in [1.29, 1.82) is 0 Å². The van der Waals surface area contributed by atoms with Gasteiger partial charge >= 0.3 is 5.97 Å². The van der Waals surface area contributed by atoms with Crippen LogP contribution in [-0.4, -0.2) is 41.5 Å². The molecule has 1 aromatic heterocycles. The predicted molar refractivity (Wildman–Crippen MR) is 83.0 cm³/mol. The van der Waals surface area contributed by atoms with Crippen LogP contribution in [-0.2, 0) is 4.74 Å². The highest BCUT2D eigenvalue weighted by molar-refractivity contribution is 6.03. The molecule has 1 aromatic carbocycles. The van der Waals surface area contributed by atoms with E-state index in [-0.39, 0.29) is 24.0 Å². The Bertz CT molecular complexity index is 717. The Morgan fingerprint density at radius 1 is 1.26 bits per heavy atom. The summed E-state index contributed by atoms with van der Waals surface area (Å²) in [5.74, 6) is -0.337. The van der Waals surface area contributed by atoms with Crippen LogP contribution >= 0.6 is 0 Å². The lowest BCUT2D eigenvalue weighted by Gasteiger charge is -2.17. The smallest absolute Gasteiger partial charge is 0.360 e. The zero-order valence-electron chi connectivity index (χ0n) is 12.9. The van der Waals surface area contributed by atoms with Crippen molar-refractivity contribution in [2.45, 2.75) is 19.8 Å². The Kier molecular flexibility index (Phi) is 4.41. The maximum atomic E-state index is 12.7. The number of hydrogen-bond acceptors (Lipinski definition) is 5. The monoisotopic (exact) mass is 314 g/mol. The molecule has 1 aliphatic rings. The lowest BCUT2D eigenvalue weighted by molar-refractivity contribution is 0.0520. The molecule has 2 aromatic rings. The molecule has 0 N–H and O–H groups in total. The average molecular weight is 314 g/mol. The van der Waals surface area contributed by atoms with Gasteiger partial charge in [-0.25, -0.2) is 9.78 Å². The number of ether oxygens (including phenoxy) is 1. The van der Waals surface area contributed by atoms with Gasteiger partial charge in [0, 0.05) is 18.7 Å². The fourth-order valence-corrected chi connectivity index (χ4v) is 2.74. The lowest BCUT2D eigenvalue weighted by atomic mass is 10.0. The number of carbonyl (C=O) groups is 2. The maximum Gasteiger partial charge on any atom is 0.360 e. The second-order valence-electron chi connectivity index (χ2n) is 5.30. The van der Waals surface area contributed by atoms with Gasteiger partial charge < -0.3 is 14.1 Å².